The molecule has 18 heavy (non-hydrogen) atoms. The zero-order valence-corrected chi connectivity index (χ0v) is 10.00. The van der Waals surface area contributed by atoms with Crippen molar-refractivity contribution >= 4 is 0 Å². The lowest BCUT2D eigenvalue weighted by Gasteiger charge is -2.01. The quantitative estimate of drug-likeness (QED) is 0.816. The second kappa shape index (κ2) is 4.47. The SMILES string of the molecule is Cc1cnccc1-c1noc(C2CC(O)CN2)n1. The van der Waals surface area contributed by atoms with Gasteiger partial charge in [-0.1, -0.05) is 5.16 Å². The molecule has 1 fully saturated rings. The summed E-state index contributed by atoms with van der Waals surface area (Å²) in [4.78, 5) is 8.41. The molecule has 2 unspecified atom stereocenters. The third-order valence-electron chi connectivity index (χ3n) is 3.11. The normalized spacial score (nSPS) is 23.4. The number of β-amino-alcohol motifs (C(OH)–C–C–N with tert-alkyl or cyclic N) is 1. The number of aromatic nitrogens is 3. The fourth-order valence-corrected chi connectivity index (χ4v) is 2.12. The summed E-state index contributed by atoms with van der Waals surface area (Å²) in [5, 5.41) is 16.6. The molecule has 3 heterocycles. The van der Waals surface area contributed by atoms with Crippen LogP contribution in [0.5, 0.6) is 0 Å². The van der Waals surface area contributed by atoms with E-state index >= 15 is 0 Å². The lowest BCUT2D eigenvalue weighted by molar-refractivity contribution is 0.191. The Hall–Kier alpha value is -1.79. The van der Waals surface area contributed by atoms with Gasteiger partial charge in [0.1, 0.15) is 0 Å². The Kier molecular flexibility index (Phi) is 2.81. The van der Waals surface area contributed by atoms with Crippen molar-refractivity contribution in [3.05, 3.63) is 29.9 Å². The van der Waals surface area contributed by atoms with Crippen LogP contribution >= 0.6 is 0 Å². The van der Waals surface area contributed by atoms with Gasteiger partial charge in [0.25, 0.3) is 0 Å². The molecule has 6 heteroatoms. The second-order valence-electron chi connectivity index (χ2n) is 4.50. The van der Waals surface area contributed by atoms with E-state index in [0.29, 0.717) is 24.7 Å². The lowest BCUT2D eigenvalue weighted by atomic mass is 10.1. The van der Waals surface area contributed by atoms with Gasteiger partial charge >= 0.3 is 0 Å². The standard InChI is InChI=1S/C12H14N4O2/c1-7-5-13-3-2-9(7)11-15-12(18-16-11)10-4-8(17)6-14-10/h2-3,5,8,10,14,17H,4,6H2,1H3. The minimum absolute atomic E-state index is 0.0524. The summed E-state index contributed by atoms with van der Waals surface area (Å²) < 4.78 is 5.25. The molecular weight excluding hydrogens is 232 g/mol. The average Bonchev–Trinajstić information content (AvgIpc) is 2.98. The largest absolute Gasteiger partial charge is 0.392 e. The maximum absolute atomic E-state index is 9.47. The number of nitrogens with zero attached hydrogens (tertiary/aromatic N) is 3. The first kappa shape index (κ1) is 11.3. The summed E-state index contributed by atoms with van der Waals surface area (Å²) in [6.45, 7) is 2.52. The number of aliphatic hydroxyl groups is 1. The maximum atomic E-state index is 9.47. The Labute approximate surface area is 104 Å². The fourth-order valence-electron chi connectivity index (χ4n) is 2.12. The van der Waals surface area contributed by atoms with E-state index in [1.165, 1.54) is 0 Å². The van der Waals surface area contributed by atoms with Crippen molar-refractivity contribution in [1.82, 2.24) is 20.4 Å². The lowest BCUT2D eigenvalue weighted by Crippen LogP contribution is -2.15. The van der Waals surface area contributed by atoms with Gasteiger partial charge in [-0.15, -0.1) is 0 Å². The van der Waals surface area contributed by atoms with E-state index in [4.69, 9.17) is 4.52 Å². The van der Waals surface area contributed by atoms with Gasteiger partial charge in [-0.05, 0) is 25.0 Å². The molecule has 6 nitrogen and oxygen atoms in total. The highest BCUT2D eigenvalue weighted by Crippen LogP contribution is 2.25. The summed E-state index contributed by atoms with van der Waals surface area (Å²) in [6, 6.07) is 1.81. The molecule has 0 aliphatic carbocycles. The molecule has 0 spiro atoms. The van der Waals surface area contributed by atoms with Crippen LogP contribution in [-0.2, 0) is 0 Å². The molecule has 2 aromatic heterocycles. The van der Waals surface area contributed by atoms with Gasteiger partial charge < -0.3 is 14.9 Å². The number of aryl methyl sites for hydroxylation is 1. The van der Waals surface area contributed by atoms with E-state index in [1.807, 2.05) is 13.0 Å². The minimum atomic E-state index is -0.340. The van der Waals surface area contributed by atoms with Gasteiger partial charge in [0.2, 0.25) is 11.7 Å². The van der Waals surface area contributed by atoms with Crippen molar-refractivity contribution in [3.8, 4) is 11.4 Å². The minimum Gasteiger partial charge on any atom is -0.392 e. The van der Waals surface area contributed by atoms with Crippen LogP contribution in [-0.4, -0.2) is 32.9 Å². The Morgan fingerprint density at radius 2 is 2.39 bits per heavy atom. The van der Waals surface area contributed by atoms with Gasteiger partial charge in [0.15, 0.2) is 0 Å². The van der Waals surface area contributed by atoms with Crippen molar-refractivity contribution in [1.29, 1.82) is 0 Å². The average molecular weight is 246 g/mol. The monoisotopic (exact) mass is 246 g/mol. The van der Waals surface area contributed by atoms with Gasteiger partial charge in [0, 0.05) is 24.5 Å². The number of pyridine rings is 1. The van der Waals surface area contributed by atoms with Crippen LogP contribution in [0.3, 0.4) is 0 Å². The second-order valence-corrected chi connectivity index (χ2v) is 4.50. The van der Waals surface area contributed by atoms with Crippen molar-refractivity contribution in [2.75, 3.05) is 6.54 Å². The Balaban J connectivity index is 1.88. The van der Waals surface area contributed by atoms with E-state index in [0.717, 1.165) is 11.1 Å². The first-order valence-electron chi connectivity index (χ1n) is 5.90. The summed E-state index contributed by atoms with van der Waals surface area (Å²) >= 11 is 0. The molecule has 1 saturated heterocycles. The molecule has 0 radical (unpaired) electrons. The summed E-state index contributed by atoms with van der Waals surface area (Å²) in [5.41, 5.74) is 1.92. The molecular formula is C12H14N4O2. The van der Waals surface area contributed by atoms with E-state index in [9.17, 15) is 5.11 Å². The molecule has 0 bridgehead atoms. The zero-order chi connectivity index (χ0) is 12.5. The van der Waals surface area contributed by atoms with Crippen LogP contribution in [0.25, 0.3) is 11.4 Å². The van der Waals surface area contributed by atoms with Crippen LogP contribution in [0.15, 0.2) is 23.0 Å². The van der Waals surface area contributed by atoms with Gasteiger partial charge in [-0.2, -0.15) is 4.98 Å². The number of rotatable bonds is 2. The molecule has 1 aliphatic rings. The topological polar surface area (TPSA) is 84.1 Å². The highest BCUT2D eigenvalue weighted by Gasteiger charge is 2.28. The number of nitrogens with one attached hydrogen (secondary N) is 1. The first-order chi connectivity index (χ1) is 8.74. The zero-order valence-electron chi connectivity index (χ0n) is 10.00. The molecule has 0 aromatic carbocycles. The van der Waals surface area contributed by atoms with E-state index in [-0.39, 0.29) is 12.1 Å². The Morgan fingerprint density at radius 3 is 3.11 bits per heavy atom. The van der Waals surface area contributed by atoms with Crippen molar-refractivity contribution in [2.45, 2.75) is 25.5 Å². The smallest absolute Gasteiger partial charge is 0.244 e. The Bertz CT molecular complexity index is 555. The van der Waals surface area contributed by atoms with Gasteiger partial charge in [-0.25, -0.2) is 0 Å². The summed E-state index contributed by atoms with van der Waals surface area (Å²) in [5.74, 6) is 1.09. The third-order valence-corrected chi connectivity index (χ3v) is 3.11. The predicted molar refractivity (Wildman–Crippen MR) is 63.6 cm³/mol. The van der Waals surface area contributed by atoms with E-state index in [2.05, 4.69) is 20.4 Å². The maximum Gasteiger partial charge on any atom is 0.244 e. The van der Waals surface area contributed by atoms with Crippen LogP contribution in [0, 0.1) is 6.92 Å². The third kappa shape index (κ3) is 2.00. The highest BCUT2D eigenvalue weighted by atomic mass is 16.5. The van der Waals surface area contributed by atoms with Crippen LogP contribution in [0.1, 0.15) is 23.9 Å². The van der Waals surface area contributed by atoms with Gasteiger partial charge in [-0.3, -0.25) is 4.98 Å². The summed E-state index contributed by atoms with van der Waals surface area (Å²) in [7, 11) is 0. The molecule has 1 aliphatic heterocycles. The van der Waals surface area contributed by atoms with E-state index < -0.39 is 0 Å². The van der Waals surface area contributed by atoms with Crippen molar-refractivity contribution in [3.63, 3.8) is 0 Å². The van der Waals surface area contributed by atoms with Crippen molar-refractivity contribution in [2.24, 2.45) is 0 Å². The van der Waals surface area contributed by atoms with E-state index in [1.54, 1.807) is 12.4 Å². The van der Waals surface area contributed by atoms with Gasteiger partial charge in [0.05, 0.1) is 12.1 Å². The number of hydrogen-bond donors (Lipinski definition) is 2. The first-order valence-corrected chi connectivity index (χ1v) is 5.90. The van der Waals surface area contributed by atoms with Crippen LogP contribution in [0.2, 0.25) is 0 Å². The molecule has 0 amide bonds. The molecule has 2 atom stereocenters. The molecule has 0 saturated carbocycles. The van der Waals surface area contributed by atoms with Crippen molar-refractivity contribution < 1.29 is 9.63 Å². The Morgan fingerprint density at radius 1 is 1.50 bits per heavy atom. The molecule has 94 valence electrons. The number of aliphatic hydroxyl groups excluding tert-OH is 1. The highest BCUT2D eigenvalue weighted by molar-refractivity contribution is 5.57. The fraction of sp³-hybridized carbons (Fsp3) is 0.417. The van der Waals surface area contributed by atoms with Crippen LogP contribution in [0.4, 0.5) is 0 Å². The summed E-state index contributed by atoms with van der Waals surface area (Å²) in [6.07, 6.45) is 3.74. The predicted octanol–water partition coefficient (Wildman–Crippen LogP) is 0.835. The molecule has 2 aromatic rings. The number of hydrogen-bond acceptors (Lipinski definition) is 6. The van der Waals surface area contributed by atoms with Crippen LogP contribution < -0.4 is 5.32 Å². The molecule has 2 N–H and O–H groups in total. The molecule has 3 rings (SSSR count).